The van der Waals surface area contributed by atoms with Gasteiger partial charge in [-0.2, -0.15) is 0 Å². The number of carbonyl (C=O) groups is 1. The molecule has 1 N–H and O–H groups in total. The first-order chi connectivity index (χ1) is 9.08. The van der Waals surface area contributed by atoms with Crippen LogP contribution in [0.5, 0.6) is 0 Å². The van der Waals surface area contributed by atoms with Gasteiger partial charge in [-0.3, -0.25) is 4.79 Å². The van der Waals surface area contributed by atoms with Gasteiger partial charge >= 0.3 is 0 Å². The van der Waals surface area contributed by atoms with E-state index in [1.54, 1.807) is 18.2 Å². The van der Waals surface area contributed by atoms with Gasteiger partial charge in [0.1, 0.15) is 7.11 Å². The number of hydrogen-bond acceptors (Lipinski definition) is 3. The molecule has 0 aromatic heterocycles. The highest BCUT2D eigenvalue weighted by molar-refractivity contribution is 6.42. The fourth-order valence-corrected chi connectivity index (χ4v) is 1.84. The summed E-state index contributed by atoms with van der Waals surface area (Å²) in [6.45, 7) is 2.49. The monoisotopic (exact) mass is 302 g/mol. The van der Waals surface area contributed by atoms with Crippen LogP contribution >= 0.6 is 23.2 Å². The summed E-state index contributed by atoms with van der Waals surface area (Å²) in [5, 5.41) is 7.59. The molecule has 1 aromatic carbocycles. The number of nitrogens with zero attached hydrogens (tertiary/aromatic N) is 1. The molecule has 0 fully saturated rings. The maximum atomic E-state index is 11.5. The maximum absolute atomic E-state index is 11.5. The van der Waals surface area contributed by atoms with Crippen LogP contribution in [0.2, 0.25) is 10.0 Å². The van der Waals surface area contributed by atoms with Gasteiger partial charge in [0, 0.05) is 24.9 Å². The summed E-state index contributed by atoms with van der Waals surface area (Å²) in [6, 6.07) is 5.19. The standard InChI is InChI=1S/C13H16Cl2N2O2/c1-3-16-13(18)7-6-12(17-19-2)9-4-5-10(14)11(15)8-9/h4-5,8H,3,6-7H2,1-2H3,(H,16,18). The molecule has 0 spiro atoms. The van der Waals surface area contributed by atoms with Crippen LogP contribution < -0.4 is 5.32 Å². The zero-order chi connectivity index (χ0) is 14.3. The quantitative estimate of drug-likeness (QED) is 0.648. The molecule has 0 saturated heterocycles. The normalized spacial score (nSPS) is 11.3. The van der Waals surface area contributed by atoms with Crippen molar-refractivity contribution in [2.24, 2.45) is 5.16 Å². The summed E-state index contributed by atoms with van der Waals surface area (Å²) < 4.78 is 0. The molecule has 0 aliphatic carbocycles. The molecular formula is C13H16Cl2N2O2. The number of halogens is 2. The van der Waals surface area contributed by atoms with Gasteiger partial charge in [-0.15, -0.1) is 0 Å². The first kappa shape index (κ1) is 15.8. The van der Waals surface area contributed by atoms with E-state index in [9.17, 15) is 4.79 Å². The predicted molar refractivity (Wildman–Crippen MR) is 77.9 cm³/mol. The topological polar surface area (TPSA) is 50.7 Å². The minimum atomic E-state index is -0.0219. The average Bonchev–Trinajstić information content (AvgIpc) is 2.38. The van der Waals surface area contributed by atoms with Gasteiger partial charge in [0.25, 0.3) is 0 Å². The SMILES string of the molecule is CCNC(=O)CCC(=NOC)c1ccc(Cl)c(Cl)c1. The molecule has 104 valence electrons. The fraction of sp³-hybridized carbons (Fsp3) is 0.385. The molecule has 1 aromatic rings. The highest BCUT2D eigenvalue weighted by Crippen LogP contribution is 2.23. The third-order valence-corrected chi connectivity index (χ3v) is 3.16. The van der Waals surface area contributed by atoms with Crippen molar-refractivity contribution in [3.63, 3.8) is 0 Å². The van der Waals surface area contributed by atoms with Crippen LogP contribution in [-0.4, -0.2) is 25.3 Å². The molecule has 0 aliphatic heterocycles. The van der Waals surface area contributed by atoms with Crippen molar-refractivity contribution in [3.05, 3.63) is 33.8 Å². The smallest absolute Gasteiger partial charge is 0.220 e. The highest BCUT2D eigenvalue weighted by Gasteiger charge is 2.10. The van der Waals surface area contributed by atoms with Gasteiger partial charge in [-0.25, -0.2) is 0 Å². The van der Waals surface area contributed by atoms with E-state index in [0.717, 1.165) is 5.56 Å². The summed E-state index contributed by atoms with van der Waals surface area (Å²) in [5.41, 5.74) is 1.45. The molecule has 19 heavy (non-hydrogen) atoms. The second-order valence-corrected chi connectivity index (χ2v) is 4.62. The Balaban J connectivity index is 2.80. The van der Waals surface area contributed by atoms with Crippen molar-refractivity contribution < 1.29 is 9.63 Å². The Morgan fingerprint density at radius 3 is 2.63 bits per heavy atom. The third kappa shape index (κ3) is 5.09. The predicted octanol–water partition coefficient (Wildman–Crippen LogP) is 3.26. The first-order valence-corrected chi connectivity index (χ1v) is 6.66. The van der Waals surface area contributed by atoms with Crippen molar-refractivity contribution in [3.8, 4) is 0 Å². The molecule has 0 aliphatic rings. The van der Waals surface area contributed by atoms with Gasteiger partial charge in [-0.05, 0) is 19.1 Å². The molecule has 1 rings (SSSR count). The van der Waals surface area contributed by atoms with Crippen molar-refractivity contribution >= 4 is 34.8 Å². The Kier molecular flexibility index (Phi) is 6.67. The summed E-state index contributed by atoms with van der Waals surface area (Å²) in [7, 11) is 1.46. The van der Waals surface area contributed by atoms with Crippen molar-refractivity contribution in [2.45, 2.75) is 19.8 Å². The van der Waals surface area contributed by atoms with Crippen LogP contribution in [0.15, 0.2) is 23.4 Å². The molecule has 0 heterocycles. The Morgan fingerprint density at radius 2 is 2.05 bits per heavy atom. The summed E-state index contributed by atoms with van der Waals surface area (Å²) in [6.07, 6.45) is 0.813. The molecule has 0 bridgehead atoms. The summed E-state index contributed by atoms with van der Waals surface area (Å²) in [4.78, 5) is 16.3. The number of rotatable bonds is 6. The van der Waals surface area contributed by atoms with Gasteiger partial charge < -0.3 is 10.2 Å². The lowest BCUT2D eigenvalue weighted by molar-refractivity contribution is -0.120. The highest BCUT2D eigenvalue weighted by atomic mass is 35.5. The maximum Gasteiger partial charge on any atom is 0.220 e. The number of carbonyl (C=O) groups excluding carboxylic acids is 1. The van der Waals surface area contributed by atoms with Gasteiger partial charge in [0.15, 0.2) is 0 Å². The molecule has 6 heteroatoms. The summed E-state index contributed by atoms with van der Waals surface area (Å²) in [5.74, 6) is -0.0219. The average molecular weight is 303 g/mol. The fourth-order valence-electron chi connectivity index (χ4n) is 1.55. The first-order valence-electron chi connectivity index (χ1n) is 5.90. The van der Waals surface area contributed by atoms with Crippen molar-refractivity contribution in [2.75, 3.05) is 13.7 Å². The van der Waals surface area contributed by atoms with E-state index >= 15 is 0 Å². The molecule has 0 unspecified atom stereocenters. The minimum Gasteiger partial charge on any atom is -0.399 e. The zero-order valence-electron chi connectivity index (χ0n) is 10.9. The van der Waals surface area contributed by atoms with Crippen LogP contribution in [0, 0.1) is 0 Å². The number of oxime groups is 1. The van der Waals surface area contributed by atoms with Gasteiger partial charge in [0.2, 0.25) is 5.91 Å². The second kappa shape index (κ2) is 8.02. The van der Waals surface area contributed by atoms with E-state index in [4.69, 9.17) is 28.0 Å². The number of amides is 1. The number of benzene rings is 1. The van der Waals surface area contributed by atoms with E-state index in [2.05, 4.69) is 10.5 Å². The van der Waals surface area contributed by atoms with E-state index in [-0.39, 0.29) is 5.91 Å². The van der Waals surface area contributed by atoms with E-state index in [1.165, 1.54) is 7.11 Å². The second-order valence-electron chi connectivity index (χ2n) is 3.80. The van der Waals surface area contributed by atoms with Crippen LogP contribution in [0.4, 0.5) is 0 Å². The Labute approximate surface area is 122 Å². The van der Waals surface area contributed by atoms with Crippen molar-refractivity contribution in [1.82, 2.24) is 5.32 Å². The Hall–Kier alpha value is -1.26. The summed E-state index contributed by atoms with van der Waals surface area (Å²) >= 11 is 11.8. The third-order valence-electron chi connectivity index (χ3n) is 2.42. The Bertz CT molecular complexity index is 476. The zero-order valence-corrected chi connectivity index (χ0v) is 12.4. The van der Waals surface area contributed by atoms with E-state index < -0.39 is 0 Å². The number of hydrogen-bond donors (Lipinski definition) is 1. The molecule has 4 nitrogen and oxygen atoms in total. The molecule has 0 atom stereocenters. The van der Waals surface area contributed by atoms with Crippen LogP contribution in [-0.2, 0) is 9.63 Å². The van der Waals surface area contributed by atoms with Crippen LogP contribution in [0.1, 0.15) is 25.3 Å². The van der Waals surface area contributed by atoms with E-state index in [1.807, 2.05) is 6.92 Å². The minimum absolute atomic E-state index is 0.0219. The largest absolute Gasteiger partial charge is 0.399 e. The van der Waals surface area contributed by atoms with Gasteiger partial charge in [-0.1, -0.05) is 34.4 Å². The number of nitrogens with one attached hydrogen (secondary N) is 1. The lowest BCUT2D eigenvalue weighted by Gasteiger charge is -2.07. The van der Waals surface area contributed by atoms with Crippen LogP contribution in [0.25, 0.3) is 0 Å². The lowest BCUT2D eigenvalue weighted by Crippen LogP contribution is -2.23. The molecular weight excluding hydrogens is 287 g/mol. The Morgan fingerprint density at radius 1 is 1.32 bits per heavy atom. The van der Waals surface area contributed by atoms with Gasteiger partial charge in [0.05, 0.1) is 15.8 Å². The molecule has 0 saturated carbocycles. The van der Waals surface area contributed by atoms with Crippen molar-refractivity contribution in [1.29, 1.82) is 0 Å². The van der Waals surface area contributed by atoms with E-state index in [0.29, 0.717) is 35.1 Å². The molecule has 0 radical (unpaired) electrons. The molecule has 1 amide bonds. The van der Waals surface area contributed by atoms with Crippen LogP contribution in [0.3, 0.4) is 0 Å². The lowest BCUT2D eigenvalue weighted by atomic mass is 10.1.